The standard InChI is InChI=1S/C26H28ClN3O6S2/c1-15(2)22(32)18-12-21(24(33)29-25-28-20(23(27)37-25)8-11-36-16(3)31)30(14-18)13-17-4-6-19(7-5-17)26(9-10-26)38(34)35/h4-7,12,14-15H,8-11,13H2,1-3H3,(H,34,35)(H,28,29,33). The van der Waals surface area contributed by atoms with E-state index in [1.165, 1.54) is 6.92 Å². The van der Waals surface area contributed by atoms with Gasteiger partial charge in [-0.3, -0.25) is 19.7 Å². The van der Waals surface area contributed by atoms with Gasteiger partial charge in [0, 0.05) is 37.6 Å². The van der Waals surface area contributed by atoms with Crippen LogP contribution in [0.4, 0.5) is 5.13 Å². The highest BCUT2D eigenvalue weighted by Gasteiger charge is 2.50. The summed E-state index contributed by atoms with van der Waals surface area (Å²) in [5, 5.41) is 3.05. The predicted octanol–water partition coefficient (Wildman–Crippen LogP) is 5.05. The number of benzene rings is 1. The average molecular weight is 578 g/mol. The molecule has 4 rings (SSSR count). The van der Waals surface area contributed by atoms with Crippen LogP contribution in [0.2, 0.25) is 4.34 Å². The van der Waals surface area contributed by atoms with Crippen molar-refractivity contribution in [2.45, 2.75) is 51.3 Å². The number of thiazole rings is 1. The molecular formula is C26H28ClN3O6S2. The third-order valence-corrected chi connectivity index (χ3v) is 8.89. The first kappa shape index (κ1) is 28.2. The molecule has 1 aliphatic carbocycles. The number of rotatable bonds is 11. The number of anilines is 1. The molecule has 2 N–H and O–H groups in total. The summed E-state index contributed by atoms with van der Waals surface area (Å²) >= 11 is 5.42. The topological polar surface area (TPSA) is 128 Å². The second-order valence-corrected chi connectivity index (χ2v) is 12.4. The van der Waals surface area contributed by atoms with Gasteiger partial charge in [0.2, 0.25) is 0 Å². The molecule has 1 amide bonds. The molecule has 1 fully saturated rings. The smallest absolute Gasteiger partial charge is 0.302 e. The molecule has 0 spiro atoms. The largest absolute Gasteiger partial charge is 0.465 e. The highest BCUT2D eigenvalue weighted by atomic mass is 35.5. The van der Waals surface area contributed by atoms with Crippen LogP contribution in [0.3, 0.4) is 0 Å². The molecule has 12 heteroatoms. The fourth-order valence-electron chi connectivity index (χ4n) is 4.08. The minimum absolute atomic E-state index is 0.0840. The van der Waals surface area contributed by atoms with Crippen molar-refractivity contribution in [3.8, 4) is 0 Å². The third-order valence-electron chi connectivity index (χ3n) is 6.32. The van der Waals surface area contributed by atoms with Crippen molar-refractivity contribution >= 4 is 56.8 Å². The number of hydrogen-bond donors (Lipinski definition) is 2. The summed E-state index contributed by atoms with van der Waals surface area (Å²) in [4.78, 5) is 41.3. The van der Waals surface area contributed by atoms with Gasteiger partial charge in [0.15, 0.2) is 22.0 Å². The number of halogens is 1. The Morgan fingerprint density at radius 2 is 1.95 bits per heavy atom. The number of nitrogens with one attached hydrogen (secondary N) is 1. The van der Waals surface area contributed by atoms with Gasteiger partial charge in [0.05, 0.1) is 17.0 Å². The monoisotopic (exact) mass is 577 g/mol. The highest BCUT2D eigenvalue weighted by Crippen LogP contribution is 2.50. The summed E-state index contributed by atoms with van der Waals surface area (Å²) in [6.07, 6.45) is 3.32. The number of carbonyl (C=O) groups is 3. The van der Waals surface area contributed by atoms with Gasteiger partial charge in [-0.25, -0.2) is 9.19 Å². The fourth-order valence-corrected chi connectivity index (χ4v) is 5.96. The van der Waals surface area contributed by atoms with Crippen molar-refractivity contribution < 1.29 is 27.9 Å². The van der Waals surface area contributed by atoms with Gasteiger partial charge in [-0.15, -0.1) is 0 Å². The molecule has 0 aliphatic heterocycles. The van der Waals surface area contributed by atoms with Crippen LogP contribution in [-0.4, -0.2) is 42.6 Å². The van der Waals surface area contributed by atoms with Gasteiger partial charge in [-0.2, -0.15) is 0 Å². The Kier molecular flexibility index (Phi) is 8.51. The Morgan fingerprint density at radius 1 is 1.26 bits per heavy atom. The number of ketones is 1. The van der Waals surface area contributed by atoms with Crippen LogP contribution in [-0.2, 0) is 38.3 Å². The third kappa shape index (κ3) is 6.23. The number of esters is 1. The first-order chi connectivity index (χ1) is 18.0. The molecule has 2 heterocycles. The van der Waals surface area contributed by atoms with Crippen LogP contribution in [0.25, 0.3) is 0 Å². The Morgan fingerprint density at radius 3 is 2.53 bits per heavy atom. The zero-order valence-electron chi connectivity index (χ0n) is 21.2. The summed E-state index contributed by atoms with van der Waals surface area (Å²) in [6.45, 7) is 5.36. The van der Waals surface area contributed by atoms with Crippen LogP contribution >= 0.6 is 22.9 Å². The molecule has 1 unspecified atom stereocenters. The quantitative estimate of drug-likeness (QED) is 0.185. The Balaban J connectivity index is 1.55. The lowest BCUT2D eigenvalue weighted by molar-refractivity contribution is -0.140. The van der Waals surface area contributed by atoms with E-state index in [2.05, 4.69) is 10.3 Å². The second-order valence-electron chi connectivity index (χ2n) is 9.48. The van der Waals surface area contributed by atoms with Crippen LogP contribution in [0.1, 0.15) is 71.3 Å². The minimum Gasteiger partial charge on any atom is -0.465 e. The van der Waals surface area contributed by atoms with E-state index in [4.69, 9.17) is 16.3 Å². The molecule has 1 saturated carbocycles. The molecule has 2 aromatic heterocycles. The average Bonchev–Trinajstić information content (AvgIpc) is 3.46. The van der Waals surface area contributed by atoms with Gasteiger partial charge in [-0.1, -0.05) is 61.1 Å². The molecule has 0 saturated heterocycles. The van der Waals surface area contributed by atoms with Crippen LogP contribution in [0.5, 0.6) is 0 Å². The van der Waals surface area contributed by atoms with Crippen LogP contribution in [0, 0.1) is 5.92 Å². The normalized spacial score (nSPS) is 14.8. The number of Topliss-reactive ketones (excluding diaryl/α,β-unsaturated/α-hetero) is 1. The van der Waals surface area contributed by atoms with E-state index < -0.39 is 27.7 Å². The molecule has 38 heavy (non-hydrogen) atoms. The van der Waals surface area contributed by atoms with Crippen LogP contribution in [0.15, 0.2) is 36.5 Å². The number of aromatic nitrogens is 2. The zero-order chi connectivity index (χ0) is 27.6. The van der Waals surface area contributed by atoms with E-state index in [1.807, 2.05) is 24.3 Å². The van der Waals surface area contributed by atoms with Crippen molar-refractivity contribution in [3.05, 3.63) is 68.9 Å². The first-order valence-electron chi connectivity index (χ1n) is 12.0. The van der Waals surface area contributed by atoms with Gasteiger partial charge in [0.25, 0.3) is 5.91 Å². The first-order valence-corrected chi connectivity index (χ1v) is 14.3. The summed E-state index contributed by atoms with van der Waals surface area (Å²) in [6, 6.07) is 8.98. The lowest BCUT2D eigenvalue weighted by atomic mass is 10.0. The van der Waals surface area contributed by atoms with E-state index in [-0.39, 0.29) is 24.0 Å². The van der Waals surface area contributed by atoms with Gasteiger partial charge < -0.3 is 13.9 Å². The molecular weight excluding hydrogens is 550 g/mol. The summed E-state index contributed by atoms with van der Waals surface area (Å²) in [7, 11) is 0. The maximum absolute atomic E-state index is 13.3. The summed E-state index contributed by atoms with van der Waals surface area (Å²) in [5.74, 6) is -1.18. The summed E-state index contributed by atoms with van der Waals surface area (Å²) < 4.78 is 27.8. The molecule has 1 aromatic carbocycles. The van der Waals surface area contributed by atoms with Crippen molar-refractivity contribution in [3.63, 3.8) is 0 Å². The molecule has 202 valence electrons. The second kappa shape index (κ2) is 11.5. The lowest BCUT2D eigenvalue weighted by Gasteiger charge is -2.13. The van der Waals surface area contributed by atoms with E-state index in [0.717, 1.165) is 22.5 Å². The molecule has 0 bridgehead atoms. The molecule has 9 nitrogen and oxygen atoms in total. The van der Waals surface area contributed by atoms with E-state index in [0.29, 0.717) is 46.5 Å². The minimum atomic E-state index is -1.93. The number of hydrogen-bond acceptors (Lipinski definition) is 7. The van der Waals surface area contributed by atoms with E-state index in [1.54, 1.807) is 30.7 Å². The Labute approximate surface area is 231 Å². The van der Waals surface area contributed by atoms with E-state index >= 15 is 0 Å². The number of amides is 1. The number of nitrogens with zero attached hydrogens (tertiary/aromatic N) is 2. The number of ether oxygens (including phenoxy) is 1. The van der Waals surface area contributed by atoms with Gasteiger partial charge in [0.1, 0.15) is 10.0 Å². The zero-order valence-corrected chi connectivity index (χ0v) is 23.5. The van der Waals surface area contributed by atoms with Gasteiger partial charge in [-0.05, 0) is 30.0 Å². The molecule has 3 aromatic rings. The maximum Gasteiger partial charge on any atom is 0.302 e. The van der Waals surface area contributed by atoms with Crippen molar-refractivity contribution in [2.75, 3.05) is 11.9 Å². The molecule has 0 radical (unpaired) electrons. The van der Waals surface area contributed by atoms with Gasteiger partial charge >= 0.3 is 5.97 Å². The van der Waals surface area contributed by atoms with Crippen molar-refractivity contribution in [1.82, 2.24) is 9.55 Å². The van der Waals surface area contributed by atoms with E-state index in [9.17, 15) is 23.1 Å². The summed E-state index contributed by atoms with van der Waals surface area (Å²) in [5.41, 5.74) is 2.89. The number of carbonyl (C=O) groups excluding carboxylic acids is 3. The van der Waals surface area contributed by atoms with Crippen molar-refractivity contribution in [1.29, 1.82) is 0 Å². The lowest BCUT2D eigenvalue weighted by Crippen LogP contribution is -2.17. The maximum atomic E-state index is 13.3. The SMILES string of the molecule is CC(=O)OCCc1nc(NC(=O)c2cc(C(=O)C(C)C)cn2Cc2ccc(C3(S(=O)O)CC3)cc2)sc1Cl. The predicted molar refractivity (Wildman–Crippen MR) is 146 cm³/mol. The Hall–Kier alpha value is -2.86. The molecule has 1 atom stereocenters. The molecule has 1 aliphatic rings. The van der Waals surface area contributed by atoms with Crippen molar-refractivity contribution in [2.24, 2.45) is 5.92 Å². The highest BCUT2D eigenvalue weighted by molar-refractivity contribution is 7.80. The van der Waals surface area contributed by atoms with Crippen LogP contribution < -0.4 is 5.32 Å². The fraction of sp³-hybridized carbons (Fsp3) is 0.385. The Bertz CT molecular complexity index is 1390.